The average molecular weight is 947 g/mol. The smallest absolute Gasteiger partial charge is 0.326 e. The molecule has 18 heteroatoms. The standard InChI is InChI=1S/C50H74N8O10/c1-32(2)27-39(47(64)55-38(46(52)63)28-34-21-15-14-16-22-34)56-49(66)45(33(3)59)58-44(62)26-18-13-11-9-7-5-4-6-8-10-12-17-25-43(61)54-40(30-42(51)60)48(65)57-41(50(67)68)29-35-31-53-37-24-20-19-23-36(35)37/h14-16,19-24,31-33,38-41,45,53,59H,4-13,17-18,25-30H2,1-3H3,(H2,51,60)(H2,52,63)(H,54,61)(H,55,64)(H,56,66)(H,57,65)(H,58,62)(H,67,68)/t33?,38-,39-,40-,41-,45-/m0/s1. The molecule has 0 aliphatic heterocycles. The molecule has 3 aromatic rings. The Balaban J connectivity index is 1.26. The Morgan fingerprint density at radius 3 is 1.60 bits per heavy atom. The third kappa shape index (κ3) is 21.1. The van der Waals surface area contributed by atoms with Gasteiger partial charge in [-0.1, -0.05) is 127 Å². The van der Waals surface area contributed by atoms with Gasteiger partial charge in [-0.2, -0.15) is 0 Å². The lowest BCUT2D eigenvalue weighted by Gasteiger charge is -2.26. The maximum absolute atomic E-state index is 13.3. The lowest BCUT2D eigenvalue weighted by Crippen LogP contribution is -2.59. The van der Waals surface area contributed by atoms with Crippen molar-refractivity contribution in [3.05, 3.63) is 71.9 Å². The van der Waals surface area contributed by atoms with Crippen LogP contribution in [0.25, 0.3) is 10.9 Å². The molecule has 0 aliphatic carbocycles. The molecule has 0 aliphatic rings. The van der Waals surface area contributed by atoms with E-state index >= 15 is 0 Å². The Morgan fingerprint density at radius 1 is 0.574 bits per heavy atom. The zero-order valence-electron chi connectivity index (χ0n) is 39.9. The molecule has 68 heavy (non-hydrogen) atoms. The minimum absolute atomic E-state index is 0.00416. The molecule has 18 nitrogen and oxygen atoms in total. The minimum Gasteiger partial charge on any atom is -0.480 e. The van der Waals surface area contributed by atoms with E-state index in [1.807, 2.05) is 68.4 Å². The van der Waals surface area contributed by atoms with Crippen LogP contribution in [0.15, 0.2) is 60.8 Å². The van der Waals surface area contributed by atoms with Crippen molar-refractivity contribution in [2.24, 2.45) is 17.4 Å². The predicted molar refractivity (Wildman–Crippen MR) is 258 cm³/mol. The molecule has 0 spiro atoms. The molecular weight excluding hydrogens is 873 g/mol. The summed E-state index contributed by atoms with van der Waals surface area (Å²) in [6, 6.07) is 10.6. The molecule has 0 radical (unpaired) electrons. The number of aromatic amines is 1. The van der Waals surface area contributed by atoms with Crippen molar-refractivity contribution in [1.29, 1.82) is 0 Å². The number of benzene rings is 2. The van der Waals surface area contributed by atoms with Gasteiger partial charge < -0.3 is 53.2 Å². The van der Waals surface area contributed by atoms with Crippen molar-refractivity contribution in [3.8, 4) is 0 Å². The third-order valence-electron chi connectivity index (χ3n) is 11.7. The minimum atomic E-state index is -1.30. The number of unbranched alkanes of at least 4 members (excludes halogenated alkanes) is 11. The number of aliphatic carboxylic acids is 1. The highest BCUT2D eigenvalue weighted by atomic mass is 16.4. The van der Waals surface area contributed by atoms with E-state index in [2.05, 4.69) is 31.6 Å². The number of para-hydroxylation sites is 1. The molecule has 3 rings (SSSR count). The highest BCUT2D eigenvalue weighted by molar-refractivity contribution is 5.95. The number of amides is 7. The lowest BCUT2D eigenvalue weighted by atomic mass is 10.0. The van der Waals surface area contributed by atoms with Gasteiger partial charge in [-0.25, -0.2) is 4.79 Å². The van der Waals surface area contributed by atoms with Gasteiger partial charge in [-0.3, -0.25) is 33.6 Å². The summed E-state index contributed by atoms with van der Waals surface area (Å²) in [5.74, 6) is -5.69. The fourth-order valence-electron chi connectivity index (χ4n) is 7.97. The summed E-state index contributed by atoms with van der Waals surface area (Å²) in [6.45, 7) is 5.15. The number of aliphatic hydroxyl groups is 1. The quantitative estimate of drug-likeness (QED) is 0.0387. The molecule has 7 amide bonds. The van der Waals surface area contributed by atoms with Crippen LogP contribution in [-0.2, 0) is 51.2 Å². The summed E-state index contributed by atoms with van der Waals surface area (Å²) in [4.78, 5) is 104. The van der Waals surface area contributed by atoms with Crippen LogP contribution < -0.4 is 38.1 Å². The highest BCUT2D eigenvalue weighted by Gasteiger charge is 2.32. The van der Waals surface area contributed by atoms with Gasteiger partial charge in [-0.15, -0.1) is 0 Å². The topological polar surface area (TPSA) is 305 Å². The Labute approximate surface area is 399 Å². The molecule has 374 valence electrons. The van der Waals surface area contributed by atoms with E-state index in [-0.39, 0.29) is 43.9 Å². The number of carboxylic acid groups (broad SMARTS) is 1. The molecule has 0 fully saturated rings. The fraction of sp³-hybridized carbons (Fsp3) is 0.560. The number of carboxylic acids is 1. The van der Waals surface area contributed by atoms with Crippen LogP contribution in [0.4, 0.5) is 0 Å². The van der Waals surface area contributed by atoms with Crippen LogP contribution >= 0.6 is 0 Å². The van der Waals surface area contributed by atoms with E-state index < -0.39 is 84.1 Å². The lowest BCUT2D eigenvalue weighted by molar-refractivity contribution is -0.142. The van der Waals surface area contributed by atoms with Crippen LogP contribution in [0.1, 0.15) is 135 Å². The monoisotopic (exact) mass is 947 g/mol. The van der Waals surface area contributed by atoms with E-state index in [4.69, 9.17) is 11.5 Å². The first-order chi connectivity index (χ1) is 32.4. The fourth-order valence-corrected chi connectivity index (χ4v) is 7.97. The van der Waals surface area contributed by atoms with Crippen molar-refractivity contribution in [2.45, 2.75) is 173 Å². The Morgan fingerprint density at radius 2 is 1.07 bits per heavy atom. The van der Waals surface area contributed by atoms with Crippen molar-refractivity contribution in [2.75, 3.05) is 0 Å². The Kier molecular flexibility index (Phi) is 24.8. The first kappa shape index (κ1) is 56.0. The molecule has 0 bridgehead atoms. The number of aliphatic hydroxyl groups excluding tert-OH is 1. The number of carbonyl (C=O) groups is 8. The van der Waals surface area contributed by atoms with Gasteiger partial charge in [0.15, 0.2) is 0 Å². The van der Waals surface area contributed by atoms with Crippen LogP contribution in [0.3, 0.4) is 0 Å². The molecule has 0 saturated carbocycles. The van der Waals surface area contributed by atoms with E-state index in [0.29, 0.717) is 18.4 Å². The summed E-state index contributed by atoms with van der Waals surface area (Å²) < 4.78 is 0. The van der Waals surface area contributed by atoms with Crippen LogP contribution in [0.2, 0.25) is 0 Å². The number of hydrogen-bond donors (Lipinski definition) is 10. The molecule has 0 saturated heterocycles. The molecule has 6 atom stereocenters. The number of nitrogens with one attached hydrogen (secondary N) is 6. The zero-order chi connectivity index (χ0) is 50.0. The van der Waals surface area contributed by atoms with Crippen molar-refractivity contribution >= 4 is 58.2 Å². The molecule has 1 aromatic heterocycles. The van der Waals surface area contributed by atoms with E-state index in [1.165, 1.54) is 6.92 Å². The number of carbonyl (C=O) groups excluding carboxylic acids is 7. The molecule has 1 unspecified atom stereocenters. The van der Waals surface area contributed by atoms with Crippen LogP contribution in [0, 0.1) is 5.92 Å². The first-order valence-corrected chi connectivity index (χ1v) is 24.0. The predicted octanol–water partition coefficient (Wildman–Crippen LogP) is 3.71. The van der Waals surface area contributed by atoms with Crippen molar-refractivity contribution < 1.29 is 48.6 Å². The third-order valence-corrected chi connectivity index (χ3v) is 11.7. The number of H-pyrrole nitrogens is 1. The maximum atomic E-state index is 13.3. The maximum Gasteiger partial charge on any atom is 0.326 e. The molecule has 12 N–H and O–H groups in total. The van der Waals surface area contributed by atoms with Gasteiger partial charge >= 0.3 is 5.97 Å². The van der Waals surface area contributed by atoms with Gasteiger partial charge in [0.1, 0.15) is 30.2 Å². The van der Waals surface area contributed by atoms with Crippen LogP contribution in [0.5, 0.6) is 0 Å². The highest BCUT2D eigenvalue weighted by Crippen LogP contribution is 2.20. The summed E-state index contributed by atoms with van der Waals surface area (Å²) >= 11 is 0. The number of hydrogen-bond acceptors (Lipinski definition) is 9. The number of primary amides is 2. The normalized spacial score (nSPS) is 13.9. The van der Waals surface area contributed by atoms with Gasteiger partial charge in [0.25, 0.3) is 0 Å². The largest absolute Gasteiger partial charge is 0.480 e. The van der Waals surface area contributed by atoms with Crippen LogP contribution in [-0.4, -0.2) is 98.8 Å². The van der Waals surface area contributed by atoms with E-state index in [9.17, 15) is 48.6 Å². The van der Waals surface area contributed by atoms with Gasteiger partial charge in [-0.05, 0) is 49.3 Å². The van der Waals surface area contributed by atoms with Crippen molar-refractivity contribution in [1.82, 2.24) is 31.6 Å². The average Bonchev–Trinajstić information content (AvgIpc) is 3.69. The van der Waals surface area contributed by atoms with Gasteiger partial charge in [0, 0.05) is 42.8 Å². The van der Waals surface area contributed by atoms with Gasteiger partial charge in [0.2, 0.25) is 41.4 Å². The van der Waals surface area contributed by atoms with Gasteiger partial charge in [0.05, 0.1) is 12.5 Å². The summed E-state index contributed by atoms with van der Waals surface area (Å²) in [6.07, 6.45) is 11.8. The number of rotatable bonds is 34. The summed E-state index contributed by atoms with van der Waals surface area (Å²) in [5, 5.41) is 34.0. The number of fused-ring (bicyclic) bond motifs is 1. The summed E-state index contributed by atoms with van der Waals surface area (Å²) in [5.41, 5.74) is 13.3. The first-order valence-electron chi connectivity index (χ1n) is 24.0. The second-order valence-corrected chi connectivity index (χ2v) is 18.1. The Hall–Kier alpha value is -6.30. The molecular formula is C50H74N8O10. The molecule has 1 heterocycles. The summed E-state index contributed by atoms with van der Waals surface area (Å²) in [7, 11) is 0. The second-order valence-electron chi connectivity index (χ2n) is 18.1. The number of aromatic nitrogens is 1. The molecule has 2 aromatic carbocycles. The SMILES string of the molecule is CC(C)C[C@H](NC(=O)[C@@H](NC(=O)CCCCCCCCCCCCCCC(=O)N[C@@H](CC(N)=O)C(=O)N[C@@H](Cc1c[nH]c2ccccc12)C(=O)O)C(C)O)C(=O)N[C@@H](Cc1ccccc1)C(N)=O. The van der Waals surface area contributed by atoms with E-state index in [1.54, 1.807) is 6.20 Å². The van der Waals surface area contributed by atoms with Crippen molar-refractivity contribution in [3.63, 3.8) is 0 Å². The zero-order valence-corrected chi connectivity index (χ0v) is 39.9. The second kappa shape index (κ2) is 30.2. The van der Waals surface area contributed by atoms with E-state index in [0.717, 1.165) is 80.7 Å². The Bertz CT molecular complexity index is 2090. The number of nitrogens with two attached hydrogens (primary N) is 2.